The van der Waals surface area contributed by atoms with Crippen molar-refractivity contribution in [1.29, 1.82) is 0 Å². The second-order valence-corrected chi connectivity index (χ2v) is 4.60. The highest BCUT2D eigenvalue weighted by Crippen LogP contribution is 2.16. The highest BCUT2D eigenvalue weighted by atomic mass is 16.5. The van der Waals surface area contributed by atoms with Crippen molar-refractivity contribution in [2.45, 2.75) is 12.5 Å². The van der Waals surface area contributed by atoms with Crippen molar-refractivity contribution >= 4 is 5.97 Å². The molecule has 0 aliphatic carbocycles. The molecule has 1 unspecified atom stereocenters. The number of nitrogens with one attached hydrogen (secondary N) is 1. The third-order valence-electron chi connectivity index (χ3n) is 3.21. The molecule has 0 fully saturated rings. The number of aromatic nitrogens is 1. The highest BCUT2D eigenvalue weighted by molar-refractivity contribution is 5.76. The summed E-state index contributed by atoms with van der Waals surface area (Å²) in [6.07, 6.45) is 1.66. The second-order valence-electron chi connectivity index (χ2n) is 4.60. The van der Waals surface area contributed by atoms with Gasteiger partial charge in [0.25, 0.3) is 0 Å². The number of hydrogen-bond acceptors (Lipinski definition) is 4. The molecular weight excluding hydrogens is 268 g/mol. The van der Waals surface area contributed by atoms with Crippen molar-refractivity contribution in [3.8, 4) is 5.88 Å². The topological polar surface area (TPSA) is 71.5 Å². The largest absolute Gasteiger partial charge is 0.481 e. The van der Waals surface area contributed by atoms with Gasteiger partial charge in [0.1, 0.15) is 0 Å². The summed E-state index contributed by atoms with van der Waals surface area (Å²) in [7, 11) is 1.57. The van der Waals surface area contributed by atoms with Gasteiger partial charge in [0.05, 0.1) is 13.0 Å². The SMILES string of the molecule is COc1ncccc1CNCC(C(=O)O)c1ccccc1. The Balaban J connectivity index is 1.99. The molecule has 1 aromatic heterocycles. The van der Waals surface area contributed by atoms with Crippen molar-refractivity contribution < 1.29 is 14.6 Å². The van der Waals surface area contributed by atoms with Crippen molar-refractivity contribution in [3.63, 3.8) is 0 Å². The van der Waals surface area contributed by atoms with Gasteiger partial charge in [0, 0.05) is 24.8 Å². The lowest BCUT2D eigenvalue weighted by atomic mass is 9.99. The third kappa shape index (κ3) is 4.03. The zero-order valence-corrected chi connectivity index (χ0v) is 11.8. The summed E-state index contributed by atoms with van der Waals surface area (Å²) in [6, 6.07) is 12.9. The average molecular weight is 286 g/mol. The summed E-state index contributed by atoms with van der Waals surface area (Å²) in [6.45, 7) is 0.852. The first kappa shape index (κ1) is 15.0. The van der Waals surface area contributed by atoms with Gasteiger partial charge in [0.2, 0.25) is 5.88 Å². The number of hydrogen-bond donors (Lipinski definition) is 2. The van der Waals surface area contributed by atoms with Crippen LogP contribution >= 0.6 is 0 Å². The van der Waals surface area contributed by atoms with Gasteiger partial charge in [-0.1, -0.05) is 36.4 Å². The van der Waals surface area contributed by atoms with Gasteiger partial charge in [-0.05, 0) is 11.6 Å². The molecule has 0 aliphatic rings. The molecule has 1 aromatic carbocycles. The van der Waals surface area contributed by atoms with Crippen LogP contribution in [0.4, 0.5) is 0 Å². The first-order chi connectivity index (χ1) is 10.2. The maximum atomic E-state index is 11.4. The fourth-order valence-electron chi connectivity index (χ4n) is 2.13. The number of ether oxygens (including phenoxy) is 1. The molecular formula is C16H18N2O3. The number of carbonyl (C=O) groups is 1. The standard InChI is InChI=1S/C16H18N2O3/c1-21-15-13(8-5-9-18-15)10-17-11-14(16(19)20)12-6-3-2-4-7-12/h2-9,14,17H,10-11H2,1H3,(H,19,20). The molecule has 2 rings (SSSR count). The first-order valence-electron chi connectivity index (χ1n) is 6.68. The van der Waals surface area contributed by atoms with Crippen LogP contribution in [0.2, 0.25) is 0 Å². The fourth-order valence-corrected chi connectivity index (χ4v) is 2.13. The van der Waals surface area contributed by atoms with Crippen molar-refractivity contribution in [2.24, 2.45) is 0 Å². The van der Waals surface area contributed by atoms with Gasteiger partial charge >= 0.3 is 5.97 Å². The normalized spacial score (nSPS) is 11.9. The molecule has 0 saturated heterocycles. The van der Waals surface area contributed by atoms with Crippen LogP contribution in [0.3, 0.4) is 0 Å². The molecule has 5 nitrogen and oxygen atoms in total. The number of carboxylic acid groups (broad SMARTS) is 1. The van der Waals surface area contributed by atoms with Crippen LogP contribution in [0.1, 0.15) is 17.0 Å². The molecule has 0 aliphatic heterocycles. The number of pyridine rings is 1. The number of aliphatic carboxylic acids is 1. The second kappa shape index (κ2) is 7.40. The van der Waals surface area contributed by atoms with Crippen LogP contribution in [0.25, 0.3) is 0 Å². The van der Waals surface area contributed by atoms with Crippen LogP contribution < -0.4 is 10.1 Å². The summed E-state index contributed by atoms with van der Waals surface area (Å²) in [4.78, 5) is 15.5. The summed E-state index contributed by atoms with van der Waals surface area (Å²) < 4.78 is 5.17. The number of benzene rings is 1. The van der Waals surface area contributed by atoms with Crippen LogP contribution in [0.15, 0.2) is 48.7 Å². The monoisotopic (exact) mass is 286 g/mol. The zero-order valence-electron chi connectivity index (χ0n) is 11.8. The van der Waals surface area contributed by atoms with Gasteiger partial charge in [-0.25, -0.2) is 4.98 Å². The molecule has 1 atom stereocenters. The van der Waals surface area contributed by atoms with E-state index in [4.69, 9.17) is 4.74 Å². The minimum atomic E-state index is -0.841. The Kier molecular flexibility index (Phi) is 5.29. The van der Waals surface area contributed by atoms with E-state index in [1.165, 1.54) is 0 Å². The van der Waals surface area contributed by atoms with Crippen LogP contribution in [0, 0.1) is 0 Å². The van der Waals surface area contributed by atoms with E-state index >= 15 is 0 Å². The third-order valence-corrected chi connectivity index (χ3v) is 3.21. The lowest BCUT2D eigenvalue weighted by Gasteiger charge is -2.14. The Hall–Kier alpha value is -2.40. The predicted molar refractivity (Wildman–Crippen MR) is 79.3 cm³/mol. The summed E-state index contributed by atoms with van der Waals surface area (Å²) in [5, 5.41) is 12.5. The van der Waals surface area contributed by atoms with Crippen molar-refractivity contribution in [1.82, 2.24) is 10.3 Å². The summed E-state index contributed by atoms with van der Waals surface area (Å²) >= 11 is 0. The number of rotatable bonds is 7. The van der Waals surface area contributed by atoms with E-state index in [0.29, 0.717) is 19.0 Å². The quantitative estimate of drug-likeness (QED) is 0.815. The number of carboxylic acids is 1. The lowest BCUT2D eigenvalue weighted by molar-refractivity contribution is -0.138. The fraction of sp³-hybridized carbons (Fsp3) is 0.250. The van der Waals surface area contributed by atoms with Gasteiger partial charge in [-0.3, -0.25) is 4.79 Å². The Bertz CT molecular complexity index is 587. The Morgan fingerprint density at radius 3 is 2.71 bits per heavy atom. The summed E-state index contributed by atoms with van der Waals surface area (Å²) in [5.74, 6) is -0.864. The zero-order chi connectivity index (χ0) is 15.1. The van der Waals surface area contributed by atoms with E-state index in [9.17, 15) is 9.90 Å². The van der Waals surface area contributed by atoms with Crippen LogP contribution in [-0.4, -0.2) is 29.7 Å². The number of nitrogens with zero attached hydrogens (tertiary/aromatic N) is 1. The van der Waals surface area contributed by atoms with E-state index in [-0.39, 0.29) is 0 Å². The van der Waals surface area contributed by atoms with Crippen LogP contribution in [0.5, 0.6) is 5.88 Å². The molecule has 0 bridgehead atoms. The summed E-state index contributed by atoms with van der Waals surface area (Å²) in [5.41, 5.74) is 1.69. The molecule has 110 valence electrons. The lowest BCUT2D eigenvalue weighted by Crippen LogP contribution is -2.26. The molecule has 0 amide bonds. The van der Waals surface area contributed by atoms with E-state index in [1.807, 2.05) is 42.5 Å². The molecule has 0 saturated carbocycles. The van der Waals surface area contributed by atoms with E-state index in [0.717, 1.165) is 11.1 Å². The van der Waals surface area contributed by atoms with Gasteiger partial charge in [0.15, 0.2) is 0 Å². The van der Waals surface area contributed by atoms with Gasteiger partial charge < -0.3 is 15.2 Å². The molecule has 21 heavy (non-hydrogen) atoms. The minimum absolute atomic E-state index is 0.345. The van der Waals surface area contributed by atoms with Crippen molar-refractivity contribution in [3.05, 3.63) is 59.8 Å². The van der Waals surface area contributed by atoms with Gasteiger partial charge in [-0.2, -0.15) is 0 Å². The Morgan fingerprint density at radius 1 is 1.29 bits per heavy atom. The highest BCUT2D eigenvalue weighted by Gasteiger charge is 2.19. The Labute approximate surface area is 123 Å². The smallest absolute Gasteiger partial charge is 0.312 e. The minimum Gasteiger partial charge on any atom is -0.481 e. The van der Waals surface area contributed by atoms with E-state index < -0.39 is 11.9 Å². The Morgan fingerprint density at radius 2 is 2.05 bits per heavy atom. The molecule has 0 radical (unpaired) electrons. The van der Waals surface area contributed by atoms with Crippen LogP contribution in [-0.2, 0) is 11.3 Å². The first-order valence-corrected chi connectivity index (χ1v) is 6.68. The molecule has 1 heterocycles. The molecule has 2 aromatic rings. The van der Waals surface area contributed by atoms with Crippen molar-refractivity contribution in [2.75, 3.05) is 13.7 Å². The maximum Gasteiger partial charge on any atom is 0.312 e. The molecule has 5 heteroatoms. The van der Waals surface area contributed by atoms with E-state index in [1.54, 1.807) is 13.3 Å². The average Bonchev–Trinajstić information content (AvgIpc) is 2.52. The molecule has 0 spiro atoms. The predicted octanol–water partition coefficient (Wildman–Crippen LogP) is 2.05. The maximum absolute atomic E-state index is 11.4. The number of methoxy groups -OCH3 is 1. The van der Waals surface area contributed by atoms with Gasteiger partial charge in [-0.15, -0.1) is 0 Å². The molecule has 2 N–H and O–H groups in total. The van der Waals surface area contributed by atoms with E-state index in [2.05, 4.69) is 10.3 Å².